The summed E-state index contributed by atoms with van der Waals surface area (Å²) in [6, 6.07) is 12.0. The number of hydrogen-bond acceptors (Lipinski definition) is 3. The summed E-state index contributed by atoms with van der Waals surface area (Å²) in [6.45, 7) is 4.84. The molecule has 160 valence electrons. The zero-order valence-electron chi connectivity index (χ0n) is 17.9. The summed E-state index contributed by atoms with van der Waals surface area (Å²) in [5.41, 5.74) is 5.36. The van der Waals surface area contributed by atoms with Gasteiger partial charge in [-0.15, -0.1) is 0 Å². The van der Waals surface area contributed by atoms with Crippen LogP contribution in [0.4, 0.5) is 0 Å². The Morgan fingerprint density at radius 1 is 1.06 bits per heavy atom. The zero-order chi connectivity index (χ0) is 21.8. The first-order chi connectivity index (χ1) is 15.0. The van der Waals surface area contributed by atoms with Crippen LogP contribution in [0.1, 0.15) is 40.2 Å². The van der Waals surface area contributed by atoms with Crippen molar-refractivity contribution < 1.29 is 9.59 Å². The Kier molecular flexibility index (Phi) is 6.02. The minimum Gasteiger partial charge on any atom is -0.361 e. The molecule has 0 saturated carbocycles. The van der Waals surface area contributed by atoms with Gasteiger partial charge in [0.1, 0.15) is 11.3 Å². The minimum atomic E-state index is -0.171. The molecule has 0 spiro atoms. The van der Waals surface area contributed by atoms with Crippen molar-refractivity contribution in [2.24, 2.45) is 0 Å². The van der Waals surface area contributed by atoms with Gasteiger partial charge in [0, 0.05) is 42.8 Å². The smallest absolute Gasteiger partial charge is 0.270 e. The summed E-state index contributed by atoms with van der Waals surface area (Å²) >= 11 is 0. The number of carbonyl (C=O) groups is 2. The predicted molar refractivity (Wildman–Crippen MR) is 121 cm³/mol. The fourth-order valence-corrected chi connectivity index (χ4v) is 3.89. The largest absolute Gasteiger partial charge is 0.361 e. The van der Waals surface area contributed by atoms with Crippen molar-refractivity contribution in [2.75, 3.05) is 13.1 Å². The molecule has 4 aromatic rings. The van der Waals surface area contributed by atoms with Gasteiger partial charge in [0.25, 0.3) is 5.91 Å². The van der Waals surface area contributed by atoms with E-state index in [1.165, 1.54) is 10.9 Å². The summed E-state index contributed by atoms with van der Waals surface area (Å²) in [5.74, 6) is -0.175. The van der Waals surface area contributed by atoms with Crippen LogP contribution >= 0.6 is 0 Å². The third-order valence-corrected chi connectivity index (χ3v) is 5.49. The lowest BCUT2D eigenvalue weighted by molar-refractivity contribution is -0.121. The first kappa shape index (κ1) is 20.7. The maximum atomic E-state index is 12.6. The molecule has 3 aromatic heterocycles. The Labute approximate surface area is 180 Å². The average molecular weight is 418 g/mol. The molecule has 7 heteroatoms. The second kappa shape index (κ2) is 9.04. The van der Waals surface area contributed by atoms with E-state index < -0.39 is 0 Å². The lowest BCUT2D eigenvalue weighted by Crippen LogP contribution is -2.29. The van der Waals surface area contributed by atoms with Gasteiger partial charge < -0.3 is 15.6 Å². The van der Waals surface area contributed by atoms with Crippen LogP contribution in [0.3, 0.4) is 0 Å². The van der Waals surface area contributed by atoms with E-state index in [0.717, 1.165) is 23.1 Å². The Morgan fingerprint density at radius 2 is 1.90 bits per heavy atom. The zero-order valence-corrected chi connectivity index (χ0v) is 17.9. The van der Waals surface area contributed by atoms with E-state index in [4.69, 9.17) is 0 Å². The summed E-state index contributed by atoms with van der Waals surface area (Å²) < 4.78 is 1.82. The fraction of sp³-hybridized carbons (Fsp3) is 0.292. The molecule has 0 bridgehead atoms. The molecule has 0 aliphatic carbocycles. The number of nitrogens with one attached hydrogen (secondary N) is 3. The number of fused-ring (bicyclic) bond motifs is 2. The molecule has 0 fully saturated rings. The number of rotatable bonds is 8. The van der Waals surface area contributed by atoms with Gasteiger partial charge in [-0.2, -0.15) is 0 Å². The van der Waals surface area contributed by atoms with E-state index in [0.29, 0.717) is 37.3 Å². The molecule has 3 N–H and O–H groups in total. The number of pyridine rings is 1. The Hall–Kier alpha value is -3.61. The number of carbonyl (C=O) groups excluding carboxylic acids is 2. The van der Waals surface area contributed by atoms with Crippen LogP contribution in [-0.4, -0.2) is 39.3 Å². The van der Waals surface area contributed by atoms with E-state index in [-0.39, 0.29) is 11.8 Å². The molecule has 7 nitrogen and oxygen atoms in total. The van der Waals surface area contributed by atoms with Crippen LogP contribution in [-0.2, 0) is 11.2 Å². The van der Waals surface area contributed by atoms with Gasteiger partial charge in [-0.1, -0.05) is 24.3 Å². The molecule has 3 heterocycles. The second-order valence-corrected chi connectivity index (χ2v) is 7.75. The Bertz CT molecular complexity index is 1240. The quantitative estimate of drug-likeness (QED) is 0.384. The minimum absolute atomic E-state index is 0.00398. The van der Waals surface area contributed by atoms with Crippen LogP contribution in [0.25, 0.3) is 16.6 Å². The average Bonchev–Trinajstić information content (AvgIpc) is 3.32. The van der Waals surface area contributed by atoms with Crippen LogP contribution in [0, 0.1) is 13.8 Å². The van der Waals surface area contributed by atoms with Gasteiger partial charge in [0.15, 0.2) is 0 Å². The molecule has 0 aliphatic heterocycles. The standard InChI is InChI=1S/C24H27N5O2/c1-16-7-6-14-29-22(17(2)28-23(16)29)24(31)26-12-5-10-21(30)25-13-11-18-15-27-20-9-4-3-8-19(18)20/h3-4,6-9,14-15,27H,5,10-13H2,1-2H3,(H,25,30)(H,26,31). The van der Waals surface area contributed by atoms with Gasteiger partial charge in [-0.25, -0.2) is 4.98 Å². The normalized spacial score (nSPS) is 11.2. The number of aromatic amines is 1. The van der Waals surface area contributed by atoms with E-state index in [1.54, 1.807) is 0 Å². The number of amides is 2. The molecule has 0 atom stereocenters. The molecule has 0 saturated heterocycles. The summed E-state index contributed by atoms with van der Waals surface area (Å²) in [4.78, 5) is 32.5. The van der Waals surface area contributed by atoms with E-state index >= 15 is 0 Å². The summed E-state index contributed by atoms with van der Waals surface area (Å²) in [7, 11) is 0. The molecule has 4 rings (SSSR count). The number of hydrogen-bond donors (Lipinski definition) is 3. The summed E-state index contributed by atoms with van der Waals surface area (Å²) in [6.07, 6.45) is 5.58. The highest BCUT2D eigenvalue weighted by molar-refractivity contribution is 5.94. The highest BCUT2D eigenvalue weighted by Gasteiger charge is 2.17. The van der Waals surface area contributed by atoms with Gasteiger partial charge >= 0.3 is 0 Å². The SMILES string of the molecule is Cc1nc2c(C)cccn2c1C(=O)NCCCC(=O)NCCc1c[nH]c2ccccc12. The number of nitrogens with zero attached hydrogens (tertiary/aromatic N) is 2. The lowest BCUT2D eigenvalue weighted by Gasteiger charge is -2.07. The third-order valence-electron chi connectivity index (χ3n) is 5.49. The van der Waals surface area contributed by atoms with Crippen molar-refractivity contribution in [2.45, 2.75) is 33.1 Å². The maximum absolute atomic E-state index is 12.6. The molecular weight excluding hydrogens is 390 g/mol. The number of H-pyrrole nitrogens is 1. The van der Waals surface area contributed by atoms with Crippen LogP contribution in [0.5, 0.6) is 0 Å². The van der Waals surface area contributed by atoms with Gasteiger partial charge in [-0.3, -0.25) is 14.0 Å². The van der Waals surface area contributed by atoms with Crippen LogP contribution in [0.2, 0.25) is 0 Å². The fourth-order valence-electron chi connectivity index (χ4n) is 3.89. The van der Waals surface area contributed by atoms with Gasteiger partial charge in [0.2, 0.25) is 5.91 Å². The monoisotopic (exact) mass is 417 g/mol. The van der Waals surface area contributed by atoms with Gasteiger partial charge in [0.05, 0.1) is 5.69 Å². The third kappa shape index (κ3) is 4.45. The van der Waals surface area contributed by atoms with Crippen molar-refractivity contribution in [1.29, 1.82) is 0 Å². The van der Waals surface area contributed by atoms with Crippen LogP contribution in [0.15, 0.2) is 48.8 Å². The topological polar surface area (TPSA) is 91.3 Å². The van der Waals surface area contributed by atoms with E-state index in [2.05, 4.69) is 26.7 Å². The van der Waals surface area contributed by atoms with Crippen molar-refractivity contribution in [3.63, 3.8) is 0 Å². The lowest BCUT2D eigenvalue weighted by atomic mass is 10.1. The van der Waals surface area contributed by atoms with E-state index in [9.17, 15) is 9.59 Å². The van der Waals surface area contributed by atoms with Gasteiger partial charge in [-0.05, 0) is 49.9 Å². The highest BCUT2D eigenvalue weighted by atomic mass is 16.2. The Balaban J connectivity index is 1.21. The molecule has 0 unspecified atom stereocenters. The Morgan fingerprint density at radius 3 is 2.77 bits per heavy atom. The first-order valence-electron chi connectivity index (χ1n) is 10.6. The summed E-state index contributed by atoms with van der Waals surface area (Å²) in [5, 5.41) is 7.06. The molecule has 31 heavy (non-hydrogen) atoms. The first-order valence-corrected chi connectivity index (χ1v) is 10.6. The van der Waals surface area contributed by atoms with Crippen molar-refractivity contribution >= 4 is 28.4 Å². The van der Waals surface area contributed by atoms with Crippen LogP contribution < -0.4 is 10.6 Å². The van der Waals surface area contributed by atoms with Crippen molar-refractivity contribution in [1.82, 2.24) is 25.0 Å². The van der Waals surface area contributed by atoms with E-state index in [1.807, 2.05) is 61.0 Å². The number of aryl methyl sites for hydroxylation is 2. The molecule has 0 radical (unpaired) electrons. The molecular formula is C24H27N5O2. The van der Waals surface area contributed by atoms with Crippen molar-refractivity contribution in [3.8, 4) is 0 Å². The highest BCUT2D eigenvalue weighted by Crippen LogP contribution is 2.18. The molecule has 1 aromatic carbocycles. The number of imidazole rings is 1. The maximum Gasteiger partial charge on any atom is 0.270 e. The number of para-hydroxylation sites is 1. The second-order valence-electron chi connectivity index (χ2n) is 7.75. The number of benzene rings is 1. The molecule has 0 aliphatic rings. The van der Waals surface area contributed by atoms with Crippen molar-refractivity contribution in [3.05, 3.63) is 71.3 Å². The number of aromatic nitrogens is 3. The predicted octanol–water partition coefficient (Wildman–Crippen LogP) is 3.30. The molecule has 2 amide bonds.